The number of aliphatic hydroxyl groups is 4. The molecule has 0 saturated heterocycles. The van der Waals surface area contributed by atoms with E-state index in [-0.39, 0.29) is 0 Å². The maximum atomic E-state index is 10.4. The van der Waals surface area contributed by atoms with Gasteiger partial charge in [-0.15, -0.1) is 63.1 Å². The van der Waals surface area contributed by atoms with E-state index in [1.165, 1.54) is 0 Å². The van der Waals surface area contributed by atoms with Gasteiger partial charge < -0.3 is 25.5 Å². The van der Waals surface area contributed by atoms with Gasteiger partial charge in [0.05, 0.1) is 31.8 Å². The van der Waals surface area contributed by atoms with E-state index in [0.29, 0.717) is 0 Å². The number of hydrogen-bond acceptors (Lipinski definition) is 10. The maximum Gasteiger partial charge on any atom is 0.332 e. The molecule has 0 rings (SSSR count). The Bertz CT molecular complexity index is 258. The van der Waals surface area contributed by atoms with Crippen molar-refractivity contribution < 1.29 is 30.3 Å². The van der Waals surface area contributed by atoms with Gasteiger partial charge >= 0.3 is 5.97 Å². The van der Waals surface area contributed by atoms with Gasteiger partial charge in [0, 0.05) is 0 Å². The van der Waals surface area contributed by atoms with Gasteiger partial charge in [0.2, 0.25) is 0 Å². The Morgan fingerprint density at radius 2 is 1.05 bits per heavy atom. The van der Waals surface area contributed by atoms with Crippen LogP contribution < -0.4 is 0 Å². The van der Waals surface area contributed by atoms with Gasteiger partial charge in [0.15, 0.2) is 4.08 Å². The van der Waals surface area contributed by atoms with E-state index in [4.69, 9.17) is 25.5 Å². The summed E-state index contributed by atoms with van der Waals surface area (Å²) < 4.78 is -3.03. The molecule has 0 saturated carbocycles. The van der Waals surface area contributed by atoms with Crippen LogP contribution >= 0.6 is 63.1 Å². The van der Waals surface area contributed by atoms with Crippen molar-refractivity contribution in [3.05, 3.63) is 0 Å². The number of aliphatic carboxylic acids is 1. The van der Waals surface area contributed by atoms with Gasteiger partial charge in [-0.2, -0.15) is 0 Å². The SMILES string of the molecule is O=C(O)C(S)(S)C(S)(S)S.OCC(CO)(CO)CO. The largest absolute Gasteiger partial charge is 0.480 e. The first kappa shape index (κ1) is 22.3. The second-order valence-corrected chi connectivity index (χ2v) is 8.51. The summed E-state index contributed by atoms with van der Waals surface area (Å²) in [5.41, 5.74) is -1.11. The Balaban J connectivity index is 0. The first-order valence-electron chi connectivity index (χ1n) is 4.72. The Morgan fingerprint density at radius 1 is 0.789 bits per heavy atom. The van der Waals surface area contributed by atoms with Crippen molar-refractivity contribution in [2.75, 3.05) is 26.4 Å². The van der Waals surface area contributed by atoms with E-state index in [0.717, 1.165) is 0 Å². The molecule has 0 amide bonds. The lowest BCUT2D eigenvalue weighted by atomic mass is 9.93. The summed E-state index contributed by atoms with van der Waals surface area (Å²) in [6, 6.07) is 0. The molecule has 0 aromatic heterocycles. The molecule has 6 nitrogen and oxygen atoms in total. The van der Waals surface area contributed by atoms with Crippen LogP contribution in [-0.2, 0) is 4.79 Å². The molecule has 19 heavy (non-hydrogen) atoms. The van der Waals surface area contributed by atoms with Gasteiger partial charge in [-0.25, -0.2) is 4.79 Å². The van der Waals surface area contributed by atoms with Gasteiger partial charge in [-0.05, 0) is 0 Å². The maximum absolute atomic E-state index is 10.4. The van der Waals surface area contributed by atoms with Crippen molar-refractivity contribution in [3.8, 4) is 0 Å². The molecule has 0 heterocycles. The number of aliphatic hydroxyl groups excluding tert-OH is 4. The third-order valence-electron chi connectivity index (χ3n) is 2.11. The molecule has 0 unspecified atom stereocenters. The molecule has 0 radical (unpaired) electrons. The molecule has 0 aliphatic carbocycles. The predicted molar refractivity (Wildman–Crippen MR) is 88.8 cm³/mol. The molecule has 0 atom stereocenters. The Morgan fingerprint density at radius 3 is 1.05 bits per heavy atom. The van der Waals surface area contributed by atoms with Crippen molar-refractivity contribution in [3.63, 3.8) is 0 Å². The van der Waals surface area contributed by atoms with Crippen LogP contribution in [0.5, 0.6) is 0 Å². The minimum absolute atomic E-state index is 0.406. The van der Waals surface area contributed by atoms with Gasteiger partial charge in [-0.1, -0.05) is 0 Å². The molecule has 0 aromatic rings. The van der Waals surface area contributed by atoms with Gasteiger partial charge in [0.1, 0.15) is 3.41 Å². The molecule has 0 aliphatic heterocycles. The van der Waals surface area contributed by atoms with Crippen LogP contribution in [0.4, 0.5) is 0 Å². The average molecular weight is 371 g/mol. The van der Waals surface area contributed by atoms with Gasteiger partial charge in [-0.3, -0.25) is 0 Å². The van der Waals surface area contributed by atoms with Crippen LogP contribution in [0.2, 0.25) is 0 Å². The average Bonchev–Trinajstić information content (AvgIpc) is 2.32. The molecular formula is C8H18O6S5. The van der Waals surface area contributed by atoms with Crippen LogP contribution in [0.25, 0.3) is 0 Å². The molecule has 11 heteroatoms. The lowest BCUT2D eigenvalue weighted by Crippen LogP contribution is -2.39. The monoisotopic (exact) mass is 370 g/mol. The summed E-state index contributed by atoms with van der Waals surface area (Å²) in [5.74, 6) is -1.24. The minimum atomic E-state index is -1.66. The topological polar surface area (TPSA) is 118 Å². The van der Waals surface area contributed by atoms with E-state index >= 15 is 0 Å². The Hall–Kier alpha value is 1.06. The first-order valence-corrected chi connectivity index (χ1v) is 6.96. The zero-order valence-electron chi connectivity index (χ0n) is 9.71. The predicted octanol–water partition coefficient (Wildman–Crippen LogP) is -0.988. The van der Waals surface area contributed by atoms with E-state index in [1.54, 1.807) is 0 Å². The molecule has 5 N–H and O–H groups in total. The summed E-state index contributed by atoms with van der Waals surface area (Å²) in [6.07, 6.45) is 0. The van der Waals surface area contributed by atoms with Crippen LogP contribution in [0.1, 0.15) is 0 Å². The second kappa shape index (κ2) is 9.15. The van der Waals surface area contributed by atoms with Crippen LogP contribution in [0.15, 0.2) is 0 Å². The van der Waals surface area contributed by atoms with E-state index in [2.05, 4.69) is 63.1 Å². The number of carboxylic acids is 1. The highest BCUT2D eigenvalue weighted by atomic mass is 32.2. The summed E-state index contributed by atoms with van der Waals surface area (Å²) in [6.45, 7) is -1.62. The fraction of sp³-hybridized carbons (Fsp3) is 0.875. The number of thiol groups is 5. The summed E-state index contributed by atoms with van der Waals surface area (Å²) in [7, 11) is 0. The fourth-order valence-corrected chi connectivity index (χ4v) is 0.730. The lowest BCUT2D eigenvalue weighted by molar-refractivity contribution is -0.137. The number of carboxylic acid groups (broad SMARTS) is 1. The van der Waals surface area contributed by atoms with E-state index in [1.807, 2.05) is 0 Å². The zero-order chi connectivity index (χ0) is 15.9. The third kappa shape index (κ3) is 7.05. The number of hydrogen-bond donors (Lipinski definition) is 10. The summed E-state index contributed by atoms with van der Waals surface area (Å²) in [4.78, 5) is 10.4. The quantitative estimate of drug-likeness (QED) is 0.217. The van der Waals surface area contributed by atoms with Crippen molar-refractivity contribution in [2.45, 2.75) is 7.49 Å². The van der Waals surface area contributed by atoms with Crippen molar-refractivity contribution in [2.24, 2.45) is 5.41 Å². The minimum Gasteiger partial charge on any atom is -0.480 e. The highest BCUT2D eigenvalue weighted by molar-refractivity contribution is 8.20. The standard InChI is InChI=1S/C5H12O4.C3H6O2S5/c6-1-5(2-7,3-8)4-9;4-1(5)2(6,7)3(8,9)10/h6-9H,1-4H2;6-10H,(H,4,5). The highest BCUT2D eigenvalue weighted by Gasteiger charge is 2.45. The van der Waals surface area contributed by atoms with Crippen LogP contribution in [-0.4, -0.2) is 65.4 Å². The van der Waals surface area contributed by atoms with Crippen molar-refractivity contribution >= 4 is 69.1 Å². The normalized spacial score (nSPS) is 12.7. The molecule has 0 aliphatic rings. The number of carbonyl (C=O) groups is 1. The van der Waals surface area contributed by atoms with Gasteiger partial charge in [0.25, 0.3) is 0 Å². The summed E-state index contributed by atoms with van der Waals surface area (Å²) >= 11 is 18.7. The third-order valence-corrected chi connectivity index (χ3v) is 5.23. The molecule has 0 fully saturated rings. The van der Waals surface area contributed by atoms with E-state index in [9.17, 15) is 4.79 Å². The molecule has 0 aromatic carbocycles. The van der Waals surface area contributed by atoms with Crippen LogP contribution in [0.3, 0.4) is 0 Å². The molecule has 0 spiro atoms. The zero-order valence-corrected chi connectivity index (χ0v) is 14.2. The van der Waals surface area contributed by atoms with Crippen LogP contribution in [0, 0.1) is 5.41 Å². The fourth-order valence-electron chi connectivity index (χ4n) is 0.443. The Kier molecular flexibility index (Phi) is 10.8. The van der Waals surface area contributed by atoms with Crippen molar-refractivity contribution in [1.29, 1.82) is 0 Å². The smallest absolute Gasteiger partial charge is 0.332 e. The van der Waals surface area contributed by atoms with E-state index < -0.39 is 45.3 Å². The molecule has 0 bridgehead atoms. The number of rotatable bonds is 6. The highest BCUT2D eigenvalue weighted by Crippen LogP contribution is 2.44. The molecule has 116 valence electrons. The Labute approximate surface area is 138 Å². The first-order chi connectivity index (χ1) is 8.44. The lowest BCUT2D eigenvalue weighted by Gasteiger charge is -2.28. The molecular weight excluding hydrogens is 352 g/mol. The van der Waals surface area contributed by atoms with Crippen molar-refractivity contribution in [1.82, 2.24) is 0 Å². The second-order valence-electron chi connectivity index (χ2n) is 3.75. The summed E-state index contributed by atoms with van der Waals surface area (Å²) in [5, 5.41) is 42.5.